The molecule has 0 unspecified atom stereocenters. The van der Waals surface area contributed by atoms with E-state index in [0.717, 1.165) is 28.3 Å². The van der Waals surface area contributed by atoms with Gasteiger partial charge in [0, 0.05) is 16.9 Å². The van der Waals surface area contributed by atoms with E-state index in [0.29, 0.717) is 10.6 Å². The van der Waals surface area contributed by atoms with Gasteiger partial charge in [0.2, 0.25) is 0 Å². The summed E-state index contributed by atoms with van der Waals surface area (Å²) in [5, 5.41) is 0. The number of aryl methyl sites for hydroxylation is 1. The summed E-state index contributed by atoms with van der Waals surface area (Å²) in [5.74, 6) is -0.476. The Kier molecular flexibility index (Phi) is 5.67. The second kappa shape index (κ2) is 7.82. The zero-order chi connectivity index (χ0) is 19.6. The zero-order valence-electron chi connectivity index (χ0n) is 14.8. The van der Waals surface area contributed by atoms with Gasteiger partial charge in [-0.2, -0.15) is 13.2 Å². The second-order valence-corrected chi connectivity index (χ2v) is 7.14. The lowest BCUT2D eigenvalue weighted by atomic mass is 10.1. The number of esters is 1. The first kappa shape index (κ1) is 19.6. The predicted molar refractivity (Wildman–Crippen MR) is 96.6 cm³/mol. The summed E-state index contributed by atoms with van der Waals surface area (Å²) < 4.78 is 49.2. The Balaban J connectivity index is 1.96. The molecule has 2 aromatic carbocycles. The fourth-order valence-corrected chi connectivity index (χ4v) is 3.99. The van der Waals surface area contributed by atoms with Crippen molar-refractivity contribution in [2.24, 2.45) is 0 Å². The van der Waals surface area contributed by atoms with Crippen LogP contribution in [0.2, 0.25) is 0 Å². The molecule has 2 aromatic rings. The number of hydrogen-bond acceptors (Lipinski definition) is 5. The van der Waals surface area contributed by atoms with Crippen LogP contribution in [0, 0.1) is 6.92 Å². The topological polar surface area (TPSA) is 38.8 Å². The zero-order valence-corrected chi connectivity index (χ0v) is 15.6. The Morgan fingerprint density at radius 3 is 2.41 bits per heavy atom. The number of fused-ring (bicyclic) bond motifs is 2. The molecule has 0 atom stereocenters. The molecule has 0 bridgehead atoms. The van der Waals surface area contributed by atoms with E-state index in [4.69, 9.17) is 9.47 Å². The third-order valence-corrected chi connectivity index (χ3v) is 5.14. The van der Waals surface area contributed by atoms with Gasteiger partial charge in [-0.05, 0) is 42.8 Å². The van der Waals surface area contributed by atoms with Crippen LogP contribution in [0.15, 0.2) is 46.2 Å². The van der Waals surface area contributed by atoms with Crippen LogP contribution in [0.5, 0.6) is 0 Å². The van der Waals surface area contributed by atoms with E-state index in [9.17, 15) is 18.0 Å². The number of carbonyl (C=O) groups excluding carboxylic acids is 1. The van der Waals surface area contributed by atoms with E-state index in [1.165, 1.54) is 24.9 Å². The first-order valence-corrected chi connectivity index (χ1v) is 9.03. The van der Waals surface area contributed by atoms with E-state index in [2.05, 4.69) is 0 Å². The first-order chi connectivity index (χ1) is 12.8. The molecule has 0 aromatic heterocycles. The van der Waals surface area contributed by atoms with Crippen molar-refractivity contribution in [3.63, 3.8) is 0 Å². The molecule has 8 heteroatoms. The molecule has 0 aliphatic carbocycles. The van der Waals surface area contributed by atoms with E-state index >= 15 is 0 Å². The number of benzene rings is 2. The van der Waals surface area contributed by atoms with E-state index in [1.54, 1.807) is 4.90 Å². The molecule has 144 valence electrons. The maximum Gasteiger partial charge on any atom is 0.416 e. The minimum Gasteiger partial charge on any atom is -0.462 e. The average molecular weight is 397 g/mol. The highest BCUT2D eigenvalue weighted by Gasteiger charge is 2.33. The molecule has 3 rings (SSSR count). The third kappa shape index (κ3) is 4.39. The van der Waals surface area contributed by atoms with Crippen LogP contribution in [-0.2, 0) is 20.4 Å². The summed E-state index contributed by atoms with van der Waals surface area (Å²) in [5.41, 5.74) is 1.58. The van der Waals surface area contributed by atoms with Gasteiger partial charge in [0.1, 0.15) is 13.2 Å². The van der Waals surface area contributed by atoms with Crippen molar-refractivity contribution < 1.29 is 27.4 Å². The molecule has 0 spiro atoms. The molecule has 27 heavy (non-hydrogen) atoms. The molecule has 0 N–H and O–H groups in total. The van der Waals surface area contributed by atoms with Gasteiger partial charge in [0.25, 0.3) is 0 Å². The van der Waals surface area contributed by atoms with Crippen molar-refractivity contribution in [3.05, 3.63) is 47.5 Å². The van der Waals surface area contributed by atoms with Gasteiger partial charge in [-0.3, -0.25) is 4.79 Å². The van der Waals surface area contributed by atoms with Crippen molar-refractivity contribution in [1.82, 2.24) is 0 Å². The van der Waals surface area contributed by atoms with Crippen LogP contribution in [0.1, 0.15) is 11.1 Å². The van der Waals surface area contributed by atoms with Crippen molar-refractivity contribution in [2.75, 3.05) is 31.8 Å². The standard InChI is InChI=1S/C19H18F3NO3S/c1-12-3-5-14-16(9-12)27-17-10-13(19(20,21)22)4-6-15(17)23(14)11-18(24)26-8-7-25-2/h3-6,9-10H,7-8,11H2,1-2H3. The molecule has 1 aliphatic heterocycles. The highest BCUT2D eigenvalue weighted by Crippen LogP contribution is 2.49. The Labute approximate surface area is 159 Å². The summed E-state index contributed by atoms with van der Waals surface area (Å²) in [6, 6.07) is 9.21. The number of alkyl halides is 3. The molecular weight excluding hydrogens is 379 g/mol. The summed E-state index contributed by atoms with van der Waals surface area (Å²) in [6.45, 7) is 2.21. The van der Waals surface area contributed by atoms with Gasteiger partial charge < -0.3 is 14.4 Å². The van der Waals surface area contributed by atoms with Crippen molar-refractivity contribution in [1.29, 1.82) is 0 Å². The quantitative estimate of drug-likeness (QED) is 0.535. The fraction of sp³-hybridized carbons (Fsp3) is 0.316. The van der Waals surface area contributed by atoms with E-state index in [1.807, 2.05) is 25.1 Å². The predicted octanol–water partition coefficient (Wildman–Crippen LogP) is 4.81. The number of carbonyl (C=O) groups is 1. The average Bonchev–Trinajstić information content (AvgIpc) is 2.60. The molecular formula is C19H18F3NO3S. The highest BCUT2D eigenvalue weighted by atomic mass is 32.2. The number of anilines is 2. The van der Waals surface area contributed by atoms with Crippen molar-refractivity contribution >= 4 is 29.1 Å². The van der Waals surface area contributed by atoms with E-state index in [-0.39, 0.29) is 19.8 Å². The van der Waals surface area contributed by atoms with E-state index < -0.39 is 17.7 Å². The van der Waals surface area contributed by atoms with Gasteiger partial charge in [-0.1, -0.05) is 17.8 Å². The Morgan fingerprint density at radius 2 is 1.74 bits per heavy atom. The van der Waals surface area contributed by atoms with Crippen molar-refractivity contribution in [2.45, 2.75) is 22.9 Å². The second-order valence-electron chi connectivity index (χ2n) is 6.05. The maximum atomic E-state index is 13.1. The molecule has 0 amide bonds. The summed E-state index contributed by atoms with van der Waals surface area (Å²) in [4.78, 5) is 15.1. The summed E-state index contributed by atoms with van der Waals surface area (Å²) in [7, 11) is 1.50. The van der Waals surface area contributed by atoms with Crippen LogP contribution >= 0.6 is 11.8 Å². The number of methoxy groups -OCH3 is 1. The number of nitrogens with zero attached hydrogens (tertiary/aromatic N) is 1. The minimum atomic E-state index is -4.42. The van der Waals surface area contributed by atoms with Gasteiger partial charge >= 0.3 is 12.1 Å². The van der Waals surface area contributed by atoms with Crippen LogP contribution < -0.4 is 4.90 Å². The smallest absolute Gasteiger partial charge is 0.416 e. The highest BCUT2D eigenvalue weighted by molar-refractivity contribution is 7.99. The maximum absolute atomic E-state index is 13.1. The Hall–Kier alpha value is -2.19. The number of halogens is 3. The number of hydrogen-bond donors (Lipinski definition) is 0. The van der Waals surface area contributed by atoms with Gasteiger partial charge in [-0.15, -0.1) is 0 Å². The van der Waals surface area contributed by atoms with Crippen LogP contribution in [0.4, 0.5) is 24.5 Å². The summed E-state index contributed by atoms with van der Waals surface area (Å²) in [6.07, 6.45) is -4.42. The fourth-order valence-electron chi connectivity index (χ4n) is 2.75. The molecule has 0 radical (unpaired) electrons. The van der Waals surface area contributed by atoms with Gasteiger partial charge in [-0.25, -0.2) is 0 Å². The first-order valence-electron chi connectivity index (χ1n) is 8.21. The lowest BCUT2D eigenvalue weighted by molar-refractivity contribution is -0.143. The van der Waals surface area contributed by atoms with Crippen LogP contribution in [0.3, 0.4) is 0 Å². The number of rotatable bonds is 5. The molecule has 1 aliphatic rings. The Morgan fingerprint density at radius 1 is 1.07 bits per heavy atom. The normalized spacial score (nSPS) is 13.1. The summed E-state index contributed by atoms with van der Waals surface area (Å²) >= 11 is 1.27. The monoisotopic (exact) mass is 397 g/mol. The SMILES string of the molecule is COCCOC(=O)CN1c2ccc(C)cc2Sc2cc(C(F)(F)F)ccc21. The van der Waals surface area contributed by atoms with Crippen molar-refractivity contribution in [3.8, 4) is 0 Å². The molecule has 0 fully saturated rings. The molecule has 0 saturated carbocycles. The molecule has 4 nitrogen and oxygen atoms in total. The molecule has 1 heterocycles. The Bertz CT molecular complexity index is 855. The number of ether oxygens (including phenoxy) is 2. The third-order valence-electron chi connectivity index (χ3n) is 4.04. The van der Waals surface area contributed by atoms with Gasteiger partial charge in [0.05, 0.1) is 23.5 Å². The lowest BCUT2D eigenvalue weighted by Gasteiger charge is -2.32. The molecule has 0 saturated heterocycles. The minimum absolute atomic E-state index is 0.0985. The van der Waals surface area contributed by atoms with Gasteiger partial charge in [0.15, 0.2) is 0 Å². The largest absolute Gasteiger partial charge is 0.462 e. The van der Waals surface area contributed by atoms with Crippen LogP contribution in [-0.4, -0.2) is 32.8 Å². The lowest BCUT2D eigenvalue weighted by Crippen LogP contribution is -2.29. The van der Waals surface area contributed by atoms with Crippen LogP contribution in [0.25, 0.3) is 0 Å².